The maximum Gasteiger partial charge on any atom is 0.311 e. The van der Waals surface area contributed by atoms with Gasteiger partial charge in [0.25, 0.3) is 0 Å². The molecule has 0 fully saturated rings. The normalized spacial score (nSPS) is 10.6. The lowest BCUT2D eigenvalue weighted by molar-refractivity contribution is -0.134. The van der Waals surface area contributed by atoms with Crippen LogP contribution in [-0.2, 0) is 4.79 Å². The first-order valence-electron chi connectivity index (χ1n) is 12.5. The van der Waals surface area contributed by atoms with Gasteiger partial charge in [0.2, 0.25) is 0 Å². The molecule has 0 saturated heterocycles. The molecule has 182 valence electrons. The van der Waals surface area contributed by atoms with Gasteiger partial charge in [-0.25, -0.2) is 0 Å². The first-order chi connectivity index (χ1) is 16.5. The minimum Gasteiger partial charge on any atom is -0.426 e. The van der Waals surface area contributed by atoms with Gasteiger partial charge in [-0.2, -0.15) is 0 Å². The molecule has 0 aromatic heterocycles. The summed E-state index contributed by atoms with van der Waals surface area (Å²) in [6.45, 7) is 4.24. The average molecular weight is 465 g/mol. The van der Waals surface area contributed by atoms with Crippen LogP contribution in [0.2, 0.25) is 0 Å². The molecule has 0 aliphatic heterocycles. The monoisotopic (exact) mass is 464 g/mol. The van der Waals surface area contributed by atoms with Crippen LogP contribution in [0.15, 0.2) is 42.5 Å². The van der Waals surface area contributed by atoms with Gasteiger partial charge >= 0.3 is 5.97 Å². The summed E-state index contributed by atoms with van der Waals surface area (Å²) >= 11 is 0. The highest BCUT2D eigenvalue weighted by molar-refractivity contribution is 6.15. The number of benzene rings is 2. The fourth-order valence-corrected chi connectivity index (χ4v) is 3.82. The summed E-state index contributed by atoms with van der Waals surface area (Å²) in [5, 5.41) is 0. The average Bonchev–Trinajstić information content (AvgIpc) is 2.86. The second kappa shape index (κ2) is 14.9. The van der Waals surface area contributed by atoms with Crippen LogP contribution in [0, 0.1) is 0 Å². The van der Waals surface area contributed by atoms with Gasteiger partial charge in [0.05, 0.1) is 5.56 Å². The molecule has 2 aromatic carbocycles. The first kappa shape index (κ1) is 27.2. The number of esters is 1. The molecular weight excluding hydrogens is 428 g/mol. The highest BCUT2D eigenvalue weighted by Crippen LogP contribution is 2.26. The molecule has 0 amide bonds. The first-order valence-corrected chi connectivity index (χ1v) is 12.5. The molecule has 0 radical (unpaired) electrons. The van der Waals surface area contributed by atoms with E-state index < -0.39 is 11.8 Å². The Morgan fingerprint density at radius 1 is 0.765 bits per heavy atom. The van der Waals surface area contributed by atoms with Gasteiger partial charge in [-0.15, -0.1) is 0 Å². The second-order valence-corrected chi connectivity index (χ2v) is 8.62. The lowest BCUT2D eigenvalue weighted by Gasteiger charge is -2.12. The fourth-order valence-electron chi connectivity index (χ4n) is 3.82. The number of hydrogen-bond donors (Lipinski definition) is 0. The van der Waals surface area contributed by atoms with Crippen LogP contribution in [0.25, 0.3) is 0 Å². The van der Waals surface area contributed by atoms with E-state index in [1.807, 2.05) is 0 Å². The van der Waals surface area contributed by atoms with E-state index in [0.29, 0.717) is 18.3 Å². The lowest BCUT2D eigenvalue weighted by Crippen LogP contribution is -2.14. The Balaban J connectivity index is 2.26. The summed E-state index contributed by atoms with van der Waals surface area (Å²) in [6, 6.07) is 11.1. The summed E-state index contributed by atoms with van der Waals surface area (Å²) in [7, 11) is 0. The lowest BCUT2D eigenvalue weighted by atomic mass is 9.95. The molecule has 0 saturated carbocycles. The minimum atomic E-state index is -0.450. The van der Waals surface area contributed by atoms with E-state index in [2.05, 4.69) is 13.8 Å². The molecule has 0 spiro atoms. The van der Waals surface area contributed by atoms with Gasteiger partial charge in [-0.3, -0.25) is 19.2 Å². The van der Waals surface area contributed by atoms with E-state index in [0.717, 1.165) is 57.8 Å². The molecule has 2 aromatic rings. The molecule has 0 bridgehead atoms. The summed E-state index contributed by atoms with van der Waals surface area (Å²) in [5.41, 5.74) is 0.983. The van der Waals surface area contributed by atoms with Gasteiger partial charge in [0, 0.05) is 29.5 Å². The van der Waals surface area contributed by atoms with Crippen LogP contribution in [-0.4, -0.2) is 23.8 Å². The van der Waals surface area contributed by atoms with E-state index in [1.165, 1.54) is 12.1 Å². The topological polar surface area (TPSA) is 77.5 Å². The Labute approximate surface area is 202 Å². The molecule has 5 nitrogen and oxygen atoms in total. The number of ketones is 2. The molecule has 5 heteroatoms. The zero-order valence-corrected chi connectivity index (χ0v) is 20.4. The SMILES string of the molecule is CCCCCCCC(=O)c1ccc(OC(=O)CCCCCC)c(C(=O)c2ccccc2C=O)c1. The van der Waals surface area contributed by atoms with Gasteiger partial charge in [-0.05, 0) is 31.0 Å². The number of unbranched alkanes of at least 4 members (excludes halogenated alkanes) is 7. The molecular formula is C29H36O5. The van der Waals surface area contributed by atoms with Crippen molar-refractivity contribution in [1.29, 1.82) is 0 Å². The van der Waals surface area contributed by atoms with Crippen molar-refractivity contribution in [2.24, 2.45) is 0 Å². The maximum absolute atomic E-state index is 13.4. The van der Waals surface area contributed by atoms with Crippen LogP contribution in [0.5, 0.6) is 5.75 Å². The quantitative estimate of drug-likeness (QED) is 0.0866. The fraction of sp³-hybridized carbons (Fsp3) is 0.448. The van der Waals surface area contributed by atoms with E-state index in [1.54, 1.807) is 30.3 Å². The van der Waals surface area contributed by atoms with Gasteiger partial charge in [0.1, 0.15) is 5.75 Å². The number of Topliss-reactive ketones (excluding diaryl/α,β-unsaturated/α-hetero) is 1. The Morgan fingerprint density at radius 2 is 1.41 bits per heavy atom. The van der Waals surface area contributed by atoms with Gasteiger partial charge < -0.3 is 4.74 Å². The van der Waals surface area contributed by atoms with E-state index >= 15 is 0 Å². The van der Waals surface area contributed by atoms with Crippen molar-refractivity contribution in [2.75, 3.05) is 0 Å². The Morgan fingerprint density at radius 3 is 2.12 bits per heavy atom. The van der Waals surface area contributed by atoms with E-state index in [9.17, 15) is 19.2 Å². The van der Waals surface area contributed by atoms with Crippen molar-refractivity contribution in [3.63, 3.8) is 0 Å². The second-order valence-electron chi connectivity index (χ2n) is 8.62. The van der Waals surface area contributed by atoms with Crippen molar-refractivity contribution in [3.8, 4) is 5.75 Å². The largest absolute Gasteiger partial charge is 0.426 e. The number of rotatable bonds is 16. The number of aldehydes is 1. The van der Waals surface area contributed by atoms with Crippen molar-refractivity contribution >= 4 is 23.8 Å². The minimum absolute atomic E-state index is 0.0494. The van der Waals surface area contributed by atoms with Gasteiger partial charge in [0.15, 0.2) is 17.9 Å². The molecule has 2 rings (SSSR count). The van der Waals surface area contributed by atoms with Crippen LogP contribution < -0.4 is 4.74 Å². The van der Waals surface area contributed by atoms with E-state index in [4.69, 9.17) is 4.74 Å². The third-order valence-electron chi connectivity index (χ3n) is 5.84. The molecule has 0 N–H and O–H groups in total. The van der Waals surface area contributed by atoms with E-state index in [-0.39, 0.29) is 34.6 Å². The summed E-state index contributed by atoms with van der Waals surface area (Å²) in [6.07, 6.45) is 10.2. The van der Waals surface area contributed by atoms with Crippen LogP contribution in [0.3, 0.4) is 0 Å². The third kappa shape index (κ3) is 8.36. The maximum atomic E-state index is 13.4. The van der Waals surface area contributed by atoms with Crippen LogP contribution in [0.1, 0.15) is 121 Å². The number of hydrogen-bond acceptors (Lipinski definition) is 5. The molecule has 0 aliphatic carbocycles. The molecule has 0 atom stereocenters. The van der Waals surface area contributed by atoms with Crippen LogP contribution >= 0.6 is 0 Å². The van der Waals surface area contributed by atoms with Crippen molar-refractivity contribution in [1.82, 2.24) is 0 Å². The number of carbonyl (C=O) groups is 4. The van der Waals surface area contributed by atoms with Gasteiger partial charge in [-0.1, -0.05) is 83.1 Å². The Hall–Kier alpha value is -3.08. The zero-order chi connectivity index (χ0) is 24.8. The van der Waals surface area contributed by atoms with Crippen molar-refractivity contribution < 1.29 is 23.9 Å². The summed E-state index contributed by atoms with van der Waals surface area (Å²) in [4.78, 5) is 50.0. The van der Waals surface area contributed by atoms with Crippen molar-refractivity contribution in [3.05, 3.63) is 64.7 Å². The highest BCUT2D eigenvalue weighted by Gasteiger charge is 2.21. The summed E-state index contributed by atoms with van der Waals surface area (Å²) < 4.78 is 5.54. The molecule has 0 unspecified atom stereocenters. The summed E-state index contributed by atoms with van der Waals surface area (Å²) in [5.74, 6) is -0.796. The Bertz CT molecular complexity index is 976. The smallest absolute Gasteiger partial charge is 0.311 e. The van der Waals surface area contributed by atoms with Crippen molar-refractivity contribution in [2.45, 2.75) is 84.5 Å². The van der Waals surface area contributed by atoms with Crippen LogP contribution in [0.4, 0.5) is 0 Å². The Kier molecular flexibility index (Phi) is 11.9. The zero-order valence-electron chi connectivity index (χ0n) is 20.4. The number of ether oxygens (including phenoxy) is 1. The number of carbonyl (C=O) groups excluding carboxylic acids is 4. The predicted octanol–water partition coefficient (Wildman–Crippen LogP) is 7.15. The standard InChI is InChI=1S/C29H36O5/c1-3-5-7-9-10-16-26(31)22-18-19-27(34-28(32)17-11-8-6-4-2)25(20-22)29(33)24-15-13-12-14-23(24)21-30/h12-15,18-21H,3-11,16-17H2,1-2H3. The third-order valence-corrected chi connectivity index (χ3v) is 5.84. The highest BCUT2D eigenvalue weighted by atomic mass is 16.5. The predicted molar refractivity (Wildman–Crippen MR) is 134 cm³/mol. The molecule has 34 heavy (non-hydrogen) atoms. The molecule has 0 heterocycles. The molecule has 0 aliphatic rings.